The molecule has 1 fully saturated rings. The average Bonchev–Trinajstić information content (AvgIpc) is 2.14. The number of carboxylic acids is 1. The smallest absolute Gasteiger partial charge is 0.335 e. The highest BCUT2D eigenvalue weighted by Gasteiger charge is 2.42. The molecule has 2 atom stereocenters. The van der Waals surface area contributed by atoms with Gasteiger partial charge in [0, 0.05) is 0 Å². The standard InChI is InChI=1S/C10H18O4/c1-8-3-2-4-10(7-8,9(12)13)14-6-5-11/h8,11H,2-7H2,1H3,(H,12,13). The normalized spacial score (nSPS) is 32.9. The predicted octanol–water partition coefficient (Wildman–Crippen LogP) is 1.03. The summed E-state index contributed by atoms with van der Waals surface area (Å²) in [5.41, 5.74) is -1.04. The number of aliphatic hydroxyl groups is 1. The lowest BCUT2D eigenvalue weighted by Crippen LogP contribution is -2.45. The van der Waals surface area contributed by atoms with Crippen LogP contribution in [0.1, 0.15) is 32.6 Å². The summed E-state index contributed by atoms with van der Waals surface area (Å²) in [7, 11) is 0. The van der Waals surface area contributed by atoms with E-state index < -0.39 is 11.6 Å². The fourth-order valence-electron chi connectivity index (χ4n) is 2.13. The van der Waals surface area contributed by atoms with Gasteiger partial charge in [0.2, 0.25) is 0 Å². The van der Waals surface area contributed by atoms with Crippen LogP contribution in [0.15, 0.2) is 0 Å². The Morgan fingerprint density at radius 1 is 1.64 bits per heavy atom. The van der Waals surface area contributed by atoms with Crippen molar-refractivity contribution < 1.29 is 19.7 Å². The van der Waals surface area contributed by atoms with E-state index in [4.69, 9.17) is 14.9 Å². The van der Waals surface area contributed by atoms with Gasteiger partial charge in [-0.15, -0.1) is 0 Å². The van der Waals surface area contributed by atoms with Crippen molar-refractivity contribution in [3.8, 4) is 0 Å². The molecule has 14 heavy (non-hydrogen) atoms. The van der Waals surface area contributed by atoms with Gasteiger partial charge in [0.1, 0.15) is 0 Å². The van der Waals surface area contributed by atoms with E-state index in [1.807, 2.05) is 6.92 Å². The highest BCUT2D eigenvalue weighted by atomic mass is 16.5. The Bertz CT molecular complexity index is 204. The quantitative estimate of drug-likeness (QED) is 0.714. The first-order chi connectivity index (χ1) is 6.60. The van der Waals surface area contributed by atoms with E-state index in [1.165, 1.54) is 0 Å². The molecule has 0 bridgehead atoms. The predicted molar refractivity (Wildman–Crippen MR) is 51.0 cm³/mol. The maximum Gasteiger partial charge on any atom is 0.335 e. The van der Waals surface area contributed by atoms with Gasteiger partial charge < -0.3 is 14.9 Å². The Kier molecular flexibility index (Phi) is 3.89. The molecule has 0 radical (unpaired) electrons. The number of aliphatic carboxylic acids is 1. The van der Waals surface area contributed by atoms with Gasteiger partial charge in [0.15, 0.2) is 5.60 Å². The molecule has 1 aliphatic carbocycles. The third kappa shape index (κ3) is 2.45. The minimum atomic E-state index is -1.04. The van der Waals surface area contributed by atoms with Crippen molar-refractivity contribution in [2.45, 2.75) is 38.2 Å². The summed E-state index contributed by atoms with van der Waals surface area (Å²) in [5.74, 6) is -0.504. The van der Waals surface area contributed by atoms with E-state index in [9.17, 15) is 4.79 Å². The Morgan fingerprint density at radius 3 is 2.86 bits per heavy atom. The van der Waals surface area contributed by atoms with Crippen LogP contribution in [-0.2, 0) is 9.53 Å². The number of aliphatic hydroxyl groups excluding tert-OH is 1. The summed E-state index contributed by atoms with van der Waals surface area (Å²) >= 11 is 0. The first-order valence-electron chi connectivity index (χ1n) is 5.09. The van der Waals surface area contributed by atoms with Crippen LogP contribution in [0.3, 0.4) is 0 Å². The zero-order valence-corrected chi connectivity index (χ0v) is 8.53. The van der Waals surface area contributed by atoms with Gasteiger partial charge in [0.25, 0.3) is 0 Å². The lowest BCUT2D eigenvalue weighted by molar-refractivity contribution is -0.174. The van der Waals surface area contributed by atoms with Crippen LogP contribution < -0.4 is 0 Å². The van der Waals surface area contributed by atoms with E-state index in [2.05, 4.69) is 0 Å². The van der Waals surface area contributed by atoms with Crippen LogP contribution in [0.2, 0.25) is 0 Å². The molecule has 0 amide bonds. The first-order valence-corrected chi connectivity index (χ1v) is 5.09. The Labute approximate surface area is 83.9 Å². The van der Waals surface area contributed by atoms with Gasteiger partial charge in [-0.3, -0.25) is 0 Å². The van der Waals surface area contributed by atoms with Gasteiger partial charge in [-0.05, 0) is 25.2 Å². The molecule has 2 unspecified atom stereocenters. The zero-order chi connectivity index (χ0) is 10.6. The summed E-state index contributed by atoms with van der Waals surface area (Å²) in [6, 6.07) is 0. The summed E-state index contributed by atoms with van der Waals surface area (Å²) in [6.45, 7) is 2.03. The van der Waals surface area contributed by atoms with E-state index >= 15 is 0 Å². The van der Waals surface area contributed by atoms with Crippen molar-refractivity contribution in [1.29, 1.82) is 0 Å². The monoisotopic (exact) mass is 202 g/mol. The number of carbonyl (C=O) groups is 1. The molecule has 4 heteroatoms. The van der Waals surface area contributed by atoms with Crippen molar-refractivity contribution in [3.63, 3.8) is 0 Å². The topological polar surface area (TPSA) is 66.8 Å². The Balaban J connectivity index is 2.65. The second kappa shape index (κ2) is 4.75. The molecule has 2 N–H and O–H groups in total. The van der Waals surface area contributed by atoms with E-state index in [-0.39, 0.29) is 13.2 Å². The summed E-state index contributed by atoms with van der Waals surface area (Å²) in [4.78, 5) is 11.1. The van der Waals surface area contributed by atoms with Crippen LogP contribution in [0.4, 0.5) is 0 Å². The van der Waals surface area contributed by atoms with Crippen molar-refractivity contribution in [2.75, 3.05) is 13.2 Å². The highest BCUT2D eigenvalue weighted by molar-refractivity contribution is 5.77. The van der Waals surface area contributed by atoms with Gasteiger partial charge in [-0.1, -0.05) is 13.3 Å². The SMILES string of the molecule is CC1CCCC(OCCO)(C(=O)O)C1. The summed E-state index contributed by atoms with van der Waals surface area (Å²) in [5, 5.41) is 17.8. The Morgan fingerprint density at radius 2 is 2.36 bits per heavy atom. The molecular formula is C10H18O4. The third-order valence-electron chi connectivity index (χ3n) is 2.82. The molecule has 0 aliphatic heterocycles. The van der Waals surface area contributed by atoms with E-state index in [0.29, 0.717) is 18.8 Å². The van der Waals surface area contributed by atoms with E-state index in [1.54, 1.807) is 0 Å². The average molecular weight is 202 g/mol. The van der Waals surface area contributed by atoms with Crippen molar-refractivity contribution >= 4 is 5.97 Å². The van der Waals surface area contributed by atoms with E-state index in [0.717, 1.165) is 12.8 Å². The molecule has 0 aromatic heterocycles. The molecule has 1 aliphatic rings. The van der Waals surface area contributed by atoms with Gasteiger partial charge >= 0.3 is 5.97 Å². The minimum absolute atomic E-state index is 0.110. The lowest BCUT2D eigenvalue weighted by Gasteiger charge is -2.36. The Hall–Kier alpha value is -0.610. The minimum Gasteiger partial charge on any atom is -0.479 e. The second-order valence-corrected chi connectivity index (χ2v) is 4.07. The van der Waals surface area contributed by atoms with Crippen molar-refractivity contribution in [3.05, 3.63) is 0 Å². The molecule has 0 spiro atoms. The van der Waals surface area contributed by atoms with Crippen LogP contribution in [0.25, 0.3) is 0 Å². The number of hydrogen-bond donors (Lipinski definition) is 2. The molecule has 0 aromatic rings. The highest BCUT2D eigenvalue weighted by Crippen LogP contribution is 2.35. The van der Waals surface area contributed by atoms with Gasteiger partial charge in [0.05, 0.1) is 13.2 Å². The fraction of sp³-hybridized carbons (Fsp3) is 0.900. The number of rotatable bonds is 4. The van der Waals surface area contributed by atoms with Crippen LogP contribution >= 0.6 is 0 Å². The van der Waals surface area contributed by atoms with Gasteiger partial charge in [-0.25, -0.2) is 4.79 Å². The lowest BCUT2D eigenvalue weighted by atomic mass is 9.79. The number of hydrogen-bond acceptors (Lipinski definition) is 3. The van der Waals surface area contributed by atoms with Crippen molar-refractivity contribution in [2.24, 2.45) is 5.92 Å². The molecular weight excluding hydrogens is 184 g/mol. The molecule has 82 valence electrons. The largest absolute Gasteiger partial charge is 0.479 e. The first kappa shape index (κ1) is 11.5. The molecule has 0 heterocycles. The number of ether oxygens (including phenoxy) is 1. The molecule has 0 aromatic carbocycles. The van der Waals surface area contributed by atoms with Crippen LogP contribution in [0.5, 0.6) is 0 Å². The maximum absolute atomic E-state index is 11.1. The fourth-order valence-corrected chi connectivity index (χ4v) is 2.13. The molecule has 0 saturated heterocycles. The molecule has 1 rings (SSSR count). The zero-order valence-electron chi connectivity index (χ0n) is 8.53. The summed E-state index contributed by atoms with van der Waals surface area (Å²) in [6.07, 6.45) is 3.07. The molecule has 4 nitrogen and oxygen atoms in total. The third-order valence-corrected chi connectivity index (χ3v) is 2.82. The van der Waals surface area contributed by atoms with Crippen LogP contribution in [-0.4, -0.2) is 35.0 Å². The van der Waals surface area contributed by atoms with Crippen molar-refractivity contribution in [1.82, 2.24) is 0 Å². The van der Waals surface area contributed by atoms with Gasteiger partial charge in [-0.2, -0.15) is 0 Å². The maximum atomic E-state index is 11.1. The van der Waals surface area contributed by atoms with Crippen LogP contribution in [0, 0.1) is 5.92 Å². The molecule has 1 saturated carbocycles. The summed E-state index contributed by atoms with van der Waals surface area (Å²) < 4.78 is 5.30. The second-order valence-electron chi connectivity index (χ2n) is 4.07. The number of carboxylic acid groups (broad SMARTS) is 1.